The van der Waals surface area contributed by atoms with E-state index in [2.05, 4.69) is 15.3 Å². The zero-order valence-corrected chi connectivity index (χ0v) is 15.0. The molecule has 0 amide bonds. The summed E-state index contributed by atoms with van der Waals surface area (Å²) >= 11 is 0. The molecule has 0 aliphatic carbocycles. The van der Waals surface area contributed by atoms with Crippen molar-refractivity contribution in [3.63, 3.8) is 0 Å². The van der Waals surface area contributed by atoms with E-state index >= 15 is 0 Å². The van der Waals surface area contributed by atoms with Crippen molar-refractivity contribution in [2.24, 2.45) is 0 Å². The van der Waals surface area contributed by atoms with Crippen molar-refractivity contribution in [3.05, 3.63) is 70.5 Å². The molecule has 1 aromatic heterocycles. The maximum Gasteiger partial charge on any atom is 0.353 e. The Labute approximate surface area is 160 Å². The van der Waals surface area contributed by atoms with Gasteiger partial charge < -0.3 is 19.7 Å². The normalized spacial score (nSPS) is 11.9. The summed E-state index contributed by atoms with van der Waals surface area (Å²) in [5.74, 6) is 1.54. The third-order valence-corrected chi connectivity index (χ3v) is 4.24. The standard InChI is InChI=1S/C19H17N5O4/c1-23(10-13-5-3-2-4-6-13)19-17(24(25)26)18(20-11-21-19)22-14-7-8-15-16(9-14)28-12-27-15/h2-9,11H,10,12H2,1H3,(H,20,21,22). The SMILES string of the molecule is CN(Cc1ccccc1)c1ncnc(Nc2ccc3c(c2)OCO3)c1[N+](=O)[O-]. The first-order valence-corrected chi connectivity index (χ1v) is 8.53. The maximum atomic E-state index is 11.8. The molecule has 0 bridgehead atoms. The van der Waals surface area contributed by atoms with Gasteiger partial charge in [0.15, 0.2) is 11.5 Å². The number of anilines is 3. The van der Waals surface area contributed by atoms with Crippen molar-refractivity contribution < 1.29 is 14.4 Å². The smallest absolute Gasteiger partial charge is 0.353 e. The molecule has 28 heavy (non-hydrogen) atoms. The summed E-state index contributed by atoms with van der Waals surface area (Å²) in [6, 6.07) is 14.9. The Bertz CT molecular complexity index is 1010. The number of rotatable bonds is 6. The minimum atomic E-state index is -0.480. The van der Waals surface area contributed by atoms with Gasteiger partial charge in [0, 0.05) is 25.3 Å². The van der Waals surface area contributed by atoms with Gasteiger partial charge in [-0.25, -0.2) is 9.97 Å². The second-order valence-electron chi connectivity index (χ2n) is 6.19. The average molecular weight is 379 g/mol. The molecule has 0 radical (unpaired) electrons. The molecule has 0 unspecified atom stereocenters. The molecule has 9 heteroatoms. The molecule has 1 aliphatic rings. The zero-order valence-electron chi connectivity index (χ0n) is 15.0. The van der Waals surface area contributed by atoms with Crippen LogP contribution in [0.3, 0.4) is 0 Å². The van der Waals surface area contributed by atoms with Crippen LogP contribution in [0.5, 0.6) is 11.5 Å². The lowest BCUT2D eigenvalue weighted by Gasteiger charge is -2.19. The summed E-state index contributed by atoms with van der Waals surface area (Å²) in [6.45, 7) is 0.628. The fraction of sp³-hybridized carbons (Fsp3) is 0.158. The van der Waals surface area contributed by atoms with Gasteiger partial charge in [-0.2, -0.15) is 0 Å². The van der Waals surface area contributed by atoms with Gasteiger partial charge in [0.2, 0.25) is 18.4 Å². The summed E-state index contributed by atoms with van der Waals surface area (Å²) in [4.78, 5) is 21.3. The number of ether oxygens (including phenoxy) is 2. The largest absolute Gasteiger partial charge is 0.454 e. The number of aromatic nitrogens is 2. The predicted octanol–water partition coefficient (Wildman–Crippen LogP) is 3.49. The van der Waals surface area contributed by atoms with Crippen LogP contribution in [-0.4, -0.2) is 28.7 Å². The molecular formula is C19H17N5O4. The van der Waals surface area contributed by atoms with Crippen LogP contribution in [0, 0.1) is 10.1 Å². The van der Waals surface area contributed by atoms with Crippen LogP contribution < -0.4 is 19.7 Å². The number of nitro groups is 1. The molecule has 9 nitrogen and oxygen atoms in total. The van der Waals surface area contributed by atoms with Gasteiger partial charge in [0.05, 0.1) is 4.92 Å². The number of nitrogens with zero attached hydrogens (tertiary/aromatic N) is 4. The van der Waals surface area contributed by atoms with Crippen LogP contribution in [-0.2, 0) is 6.54 Å². The average Bonchev–Trinajstić information content (AvgIpc) is 3.16. The van der Waals surface area contributed by atoms with E-state index in [9.17, 15) is 10.1 Å². The Balaban J connectivity index is 1.64. The summed E-state index contributed by atoms with van der Waals surface area (Å²) in [5.41, 5.74) is 1.42. The molecular weight excluding hydrogens is 362 g/mol. The highest BCUT2D eigenvalue weighted by Gasteiger charge is 2.26. The fourth-order valence-corrected chi connectivity index (χ4v) is 2.95. The third kappa shape index (κ3) is 3.50. The maximum absolute atomic E-state index is 11.8. The Kier molecular flexibility index (Phi) is 4.63. The molecule has 1 N–H and O–H groups in total. The van der Waals surface area contributed by atoms with E-state index < -0.39 is 4.92 Å². The molecule has 0 atom stereocenters. The predicted molar refractivity (Wildman–Crippen MR) is 103 cm³/mol. The first-order chi connectivity index (χ1) is 13.6. The van der Waals surface area contributed by atoms with Crippen molar-refractivity contribution in [2.45, 2.75) is 6.54 Å². The van der Waals surface area contributed by atoms with E-state index in [1.54, 1.807) is 30.1 Å². The number of hydrogen-bond donors (Lipinski definition) is 1. The van der Waals surface area contributed by atoms with E-state index in [0.29, 0.717) is 23.7 Å². The highest BCUT2D eigenvalue weighted by molar-refractivity contribution is 5.75. The van der Waals surface area contributed by atoms with E-state index in [0.717, 1.165) is 5.56 Å². The second-order valence-corrected chi connectivity index (χ2v) is 6.19. The zero-order chi connectivity index (χ0) is 19.5. The number of hydrogen-bond acceptors (Lipinski definition) is 8. The van der Waals surface area contributed by atoms with Crippen LogP contribution in [0.25, 0.3) is 0 Å². The van der Waals surface area contributed by atoms with E-state index in [-0.39, 0.29) is 24.1 Å². The third-order valence-electron chi connectivity index (χ3n) is 4.24. The van der Waals surface area contributed by atoms with Crippen LogP contribution >= 0.6 is 0 Å². The molecule has 4 rings (SSSR count). The molecule has 3 aromatic rings. The lowest BCUT2D eigenvalue weighted by atomic mass is 10.2. The highest BCUT2D eigenvalue weighted by Crippen LogP contribution is 2.37. The highest BCUT2D eigenvalue weighted by atomic mass is 16.7. The van der Waals surface area contributed by atoms with Crippen molar-refractivity contribution in [1.29, 1.82) is 0 Å². The van der Waals surface area contributed by atoms with Gasteiger partial charge in [0.25, 0.3) is 0 Å². The van der Waals surface area contributed by atoms with Crippen molar-refractivity contribution in [3.8, 4) is 11.5 Å². The van der Waals surface area contributed by atoms with Gasteiger partial charge in [-0.05, 0) is 17.7 Å². The summed E-state index contributed by atoms with van der Waals surface area (Å²) in [5, 5.41) is 14.8. The van der Waals surface area contributed by atoms with Crippen molar-refractivity contribution >= 4 is 23.0 Å². The molecule has 2 heterocycles. The number of fused-ring (bicyclic) bond motifs is 1. The van der Waals surface area contributed by atoms with Crippen LogP contribution in [0.4, 0.5) is 23.0 Å². The summed E-state index contributed by atoms with van der Waals surface area (Å²) in [6.07, 6.45) is 1.30. The Morgan fingerprint density at radius 2 is 1.93 bits per heavy atom. The quantitative estimate of drug-likeness (QED) is 0.513. The van der Waals surface area contributed by atoms with Crippen molar-refractivity contribution in [1.82, 2.24) is 9.97 Å². The lowest BCUT2D eigenvalue weighted by molar-refractivity contribution is -0.383. The Hall–Kier alpha value is -3.88. The first kappa shape index (κ1) is 17.5. The minimum Gasteiger partial charge on any atom is -0.454 e. The van der Waals surface area contributed by atoms with E-state index in [1.165, 1.54) is 6.33 Å². The van der Waals surface area contributed by atoms with Gasteiger partial charge in [0.1, 0.15) is 6.33 Å². The topological polar surface area (TPSA) is 103 Å². The van der Waals surface area contributed by atoms with Crippen LogP contribution in [0.15, 0.2) is 54.9 Å². The first-order valence-electron chi connectivity index (χ1n) is 8.53. The van der Waals surface area contributed by atoms with Crippen molar-refractivity contribution in [2.75, 3.05) is 24.1 Å². The molecule has 1 aliphatic heterocycles. The van der Waals surface area contributed by atoms with E-state index in [4.69, 9.17) is 9.47 Å². The molecule has 2 aromatic carbocycles. The number of benzene rings is 2. The second kappa shape index (κ2) is 7.39. The molecule has 142 valence electrons. The molecule has 0 saturated heterocycles. The lowest BCUT2D eigenvalue weighted by Crippen LogP contribution is -2.20. The van der Waals surface area contributed by atoms with Gasteiger partial charge in [-0.1, -0.05) is 30.3 Å². The molecule has 0 spiro atoms. The summed E-state index contributed by atoms with van der Waals surface area (Å²) < 4.78 is 10.6. The van der Waals surface area contributed by atoms with Gasteiger partial charge >= 0.3 is 5.69 Å². The summed E-state index contributed by atoms with van der Waals surface area (Å²) in [7, 11) is 1.76. The molecule has 0 saturated carbocycles. The molecule has 0 fully saturated rings. The van der Waals surface area contributed by atoms with Crippen LogP contribution in [0.1, 0.15) is 5.56 Å². The van der Waals surface area contributed by atoms with E-state index in [1.807, 2.05) is 30.3 Å². The van der Waals surface area contributed by atoms with Gasteiger partial charge in [-0.15, -0.1) is 0 Å². The monoisotopic (exact) mass is 379 g/mol. The van der Waals surface area contributed by atoms with Gasteiger partial charge in [-0.3, -0.25) is 10.1 Å². The minimum absolute atomic E-state index is 0.105. The fourth-order valence-electron chi connectivity index (χ4n) is 2.95. The van der Waals surface area contributed by atoms with Crippen LogP contribution in [0.2, 0.25) is 0 Å². The Morgan fingerprint density at radius 3 is 2.71 bits per heavy atom. The Morgan fingerprint density at radius 1 is 1.14 bits per heavy atom. The number of nitrogens with one attached hydrogen (secondary N) is 1.